The standard InChI is InChI=1S/C39H41F2N5O4/c1-21-16-32-36(43-23(3)45(32)4)39-34(21)28-9-6-8-27-29(20-46(37(27)28)19-22(2)50-39)38(48)24-17-30(40)35(31(41)18-24)44-33(47)10-7-15-42-25-11-13-26(49-5)14-12-25/h6-10,16-18,20,22,25-26,42H,11-15,19H2,1-5H3,(H,44,47)/b10-7+/t22-,25?,26?/m1/s1. The van der Waals surface area contributed by atoms with E-state index in [1.54, 1.807) is 19.4 Å². The summed E-state index contributed by atoms with van der Waals surface area (Å²) in [6.45, 7) is 6.84. The SMILES string of the molecule is COC1CCC(NC/C=C/C(=O)Nc2c(F)cc(C(=O)c3cn4c5c(cccc35)-c3c(C)cc5c(nc(C)n5C)c3O[C@H](C)C4)cc2F)CC1. The van der Waals surface area contributed by atoms with E-state index < -0.39 is 29.0 Å². The van der Waals surface area contributed by atoms with Crippen molar-refractivity contribution in [1.82, 2.24) is 19.4 Å². The lowest BCUT2D eigenvalue weighted by Crippen LogP contribution is -2.35. The smallest absolute Gasteiger partial charge is 0.248 e. The van der Waals surface area contributed by atoms with E-state index in [0.717, 1.165) is 76.9 Å². The summed E-state index contributed by atoms with van der Waals surface area (Å²) < 4.78 is 46.7. The molecule has 0 unspecified atom stereocenters. The quantitative estimate of drug-likeness (QED) is 0.133. The lowest BCUT2D eigenvalue weighted by atomic mass is 9.93. The van der Waals surface area contributed by atoms with Crippen molar-refractivity contribution in [2.75, 3.05) is 19.0 Å². The zero-order valence-electron chi connectivity index (χ0n) is 28.9. The average molecular weight is 682 g/mol. The summed E-state index contributed by atoms with van der Waals surface area (Å²) in [6.07, 6.45) is 8.55. The number of nitrogens with zero attached hydrogens (tertiary/aromatic N) is 3. The Morgan fingerprint density at radius 1 is 1.10 bits per heavy atom. The monoisotopic (exact) mass is 681 g/mol. The van der Waals surface area contributed by atoms with E-state index in [4.69, 9.17) is 14.5 Å². The Labute approximate surface area is 289 Å². The Morgan fingerprint density at radius 2 is 1.84 bits per heavy atom. The number of amides is 1. The van der Waals surface area contributed by atoms with E-state index in [0.29, 0.717) is 41.9 Å². The molecule has 1 atom stereocenters. The topological polar surface area (TPSA) is 99.4 Å². The fraction of sp³-hybridized carbons (Fsp3) is 0.359. The summed E-state index contributed by atoms with van der Waals surface area (Å²) in [5.74, 6) is -1.71. The van der Waals surface area contributed by atoms with Gasteiger partial charge in [-0.15, -0.1) is 0 Å². The van der Waals surface area contributed by atoms with Gasteiger partial charge in [-0.05, 0) is 70.2 Å². The minimum Gasteiger partial charge on any atom is -0.486 e. The number of halogens is 2. The number of imidazole rings is 1. The van der Waals surface area contributed by atoms with Gasteiger partial charge in [0.05, 0.1) is 23.7 Å². The van der Waals surface area contributed by atoms with Gasteiger partial charge in [0.1, 0.15) is 34.8 Å². The van der Waals surface area contributed by atoms with Crippen molar-refractivity contribution in [3.63, 3.8) is 0 Å². The number of fused-ring (bicyclic) bond motifs is 4. The molecule has 3 heterocycles. The number of aryl methyl sites for hydroxylation is 3. The highest BCUT2D eigenvalue weighted by molar-refractivity contribution is 6.18. The van der Waals surface area contributed by atoms with Gasteiger partial charge in [0.2, 0.25) is 5.91 Å². The largest absolute Gasteiger partial charge is 0.486 e. The van der Waals surface area contributed by atoms with Crippen LogP contribution in [0.2, 0.25) is 0 Å². The predicted octanol–water partition coefficient (Wildman–Crippen LogP) is 7.14. The molecule has 1 fully saturated rings. The number of rotatable bonds is 8. The molecule has 0 bridgehead atoms. The van der Waals surface area contributed by atoms with Crippen LogP contribution in [0, 0.1) is 25.5 Å². The third-order valence-electron chi connectivity index (χ3n) is 10.1. The minimum absolute atomic E-state index is 0.160. The number of carbonyl (C=O) groups is 2. The number of nitrogens with one attached hydrogen (secondary N) is 2. The van der Waals surface area contributed by atoms with E-state index in [-0.39, 0.29) is 11.7 Å². The number of aromatic nitrogens is 3. The molecule has 2 N–H and O–H groups in total. The van der Waals surface area contributed by atoms with Gasteiger partial charge < -0.3 is 29.2 Å². The highest BCUT2D eigenvalue weighted by Crippen LogP contribution is 2.45. The van der Waals surface area contributed by atoms with Crippen LogP contribution in [0.5, 0.6) is 5.75 Å². The van der Waals surface area contributed by atoms with Gasteiger partial charge in [0.25, 0.3) is 0 Å². The lowest BCUT2D eigenvalue weighted by Gasteiger charge is -2.27. The van der Waals surface area contributed by atoms with E-state index in [2.05, 4.69) is 16.7 Å². The second kappa shape index (κ2) is 13.4. The van der Waals surface area contributed by atoms with Crippen LogP contribution in [0.15, 0.2) is 54.7 Å². The van der Waals surface area contributed by atoms with E-state index in [9.17, 15) is 9.59 Å². The van der Waals surface area contributed by atoms with Crippen molar-refractivity contribution in [3.05, 3.63) is 88.9 Å². The average Bonchev–Trinajstić information content (AvgIpc) is 3.60. The number of anilines is 1. The van der Waals surface area contributed by atoms with E-state index in [1.807, 2.05) is 55.2 Å². The first-order chi connectivity index (χ1) is 24.0. The molecular formula is C39H41F2N5O4. The molecule has 1 aliphatic heterocycles. The number of methoxy groups -OCH3 is 1. The first-order valence-corrected chi connectivity index (χ1v) is 17.1. The Hall–Kier alpha value is -4.87. The zero-order valence-corrected chi connectivity index (χ0v) is 28.9. The van der Waals surface area contributed by atoms with Crippen molar-refractivity contribution < 1.29 is 27.8 Å². The van der Waals surface area contributed by atoms with Gasteiger partial charge in [0.15, 0.2) is 11.5 Å². The fourth-order valence-electron chi connectivity index (χ4n) is 7.43. The lowest BCUT2D eigenvalue weighted by molar-refractivity contribution is -0.112. The number of hydrogen-bond donors (Lipinski definition) is 2. The van der Waals surface area contributed by atoms with Crippen molar-refractivity contribution in [1.29, 1.82) is 0 Å². The summed E-state index contributed by atoms with van der Waals surface area (Å²) in [5.41, 5.74) is 4.89. The van der Waals surface area contributed by atoms with Gasteiger partial charge in [-0.3, -0.25) is 9.59 Å². The Bertz CT molecular complexity index is 2150. The summed E-state index contributed by atoms with van der Waals surface area (Å²) in [5, 5.41) is 6.33. The number of carbonyl (C=O) groups excluding carboxylic acids is 2. The maximum Gasteiger partial charge on any atom is 0.248 e. The third-order valence-corrected chi connectivity index (χ3v) is 10.1. The van der Waals surface area contributed by atoms with Gasteiger partial charge in [-0.1, -0.05) is 24.3 Å². The molecule has 2 aromatic heterocycles. The molecule has 1 amide bonds. The second-order valence-corrected chi connectivity index (χ2v) is 13.5. The molecule has 3 aromatic carbocycles. The molecule has 1 aliphatic carbocycles. The van der Waals surface area contributed by atoms with Crippen LogP contribution < -0.4 is 15.4 Å². The van der Waals surface area contributed by atoms with Crippen molar-refractivity contribution in [2.24, 2.45) is 7.05 Å². The normalized spacial score (nSPS) is 19.0. The van der Waals surface area contributed by atoms with Gasteiger partial charge in [0, 0.05) is 66.7 Å². The molecule has 9 nitrogen and oxygen atoms in total. The molecule has 50 heavy (non-hydrogen) atoms. The number of para-hydroxylation sites is 1. The van der Waals surface area contributed by atoms with Crippen molar-refractivity contribution >= 4 is 39.3 Å². The maximum atomic E-state index is 15.3. The third kappa shape index (κ3) is 6.09. The van der Waals surface area contributed by atoms with Crippen LogP contribution in [0.25, 0.3) is 33.1 Å². The van der Waals surface area contributed by atoms with Crippen LogP contribution in [-0.4, -0.2) is 57.7 Å². The second-order valence-electron chi connectivity index (χ2n) is 13.5. The summed E-state index contributed by atoms with van der Waals surface area (Å²) >= 11 is 0. The molecule has 0 spiro atoms. The zero-order chi connectivity index (χ0) is 35.3. The summed E-state index contributed by atoms with van der Waals surface area (Å²) in [4.78, 5) is 31.3. The molecule has 2 aliphatic rings. The molecule has 260 valence electrons. The predicted molar refractivity (Wildman–Crippen MR) is 190 cm³/mol. The first-order valence-electron chi connectivity index (χ1n) is 17.1. The number of benzene rings is 3. The molecule has 7 rings (SSSR count). The summed E-state index contributed by atoms with van der Waals surface area (Å²) in [6, 6.07) is 10.1. The van der Waals surface area contributed by atoms with Crippen LogP contribution in [0.1, 0.15) is 59.9 Å². The molecule has 5 aromatic rings. The minimum atomic E-state index is -1.04. The van der Waals surface area contributed by atoms with E-state index >= 15 is 8.78 Å². The molecule has 11 heteroatoms. The van der Waals surface area contributed by atoms with Crippen molar-refractivity contribution in [2.45, 2.75) is 71.2 Å². The highest BCUT2D eigenvalue weighted by atomic mass is 19.1. The van der Waals surface area contributed by atoms with Crippen molar-refractivity contribution in [3.8, 4) is 16.9 Å². The van der Waals surface area contributed by atoms with Crippen LogP contribution in [0.3, 0.4) is 0 Å². The van der Waals surface area contributed by atoms with Crippen LogP contribution >= 0.6 is 0 Å². The molecule has 0 saturated heterocycles. The van der Waals surface area contributed by atoms with E-state index in [1.165, 1.54) is 6.08 Å². The maximum absolute atomic E-state index is 15.3. The Balaban J connectivity index is 1.15. The number of ether oxygens (including phenoxy) is 2. The molecule has 1 saturated carbocycles. The Kier molecular flexibility index (Phi) is 9.04. The van der Waals surface area contributed by atoms with Gasteiger partial charge in [-0.2, -0.15) is 0 Å². The van der Waals surface area contributed by atoms with Gasteiger partial charge >= 0.3 is 0 Å². The first kappa shape index (κ1) is 33.6. The summed E-state index contributed by atoms with van der Waals surface area (Å²) in [7, 11) is 3.70. The fourth-order valence-corrected chi connectivity index (χ4v) is 7.43. The van der Waals surface area contributed by atoms with Gasteiger partial charge in [-0.25, -0.2) is 13.8 Å². The number of hydrogen-bond acceptors (Lipinski definition) is 6. The highest BCUT2D eigenvalue weighted by Gasteiger charge is 2.28. The van der Waals surface area contributed by atoms with Crippen LogP contribution in [-0.2, 0) is 23.1 Å². The molecule has 0 radical (unpaired) electrons. The number of ketones is 1. The molecular weight excluding hydrogens is 640 g/mol. The van der Waals surface area contributed by atoms with Crippen LogP contribution in [0.4, 0.5) is 14.5 Å². The Morgan fingerprint density at radius 3 is 2.56 bits per heavy atom.